The SMILES string of the molecule is Cc1nc(-c2cccs2)sc1C(=O)NC1CCc2nccn2C1. The smallest absolute Gasteiger partial charge is 0.263 e. The van der Waals surface area contributed by atoms with Gasteiger partial charge in [0.05, 0.1) is 10.6 Å². The number of aryl methyl sites for hydroxylation is 2. The van der Waals surface area contributed by atoms with Gasteiger partial charge in [0.1, 0.15) is 15.7 Å². The van der Waals surface area contributed by atoms with Crippen LogP contribution in [0.4, 0.5) is 0 Å². The molecule has 1 unspecified atom stereocenters. The summed E-state index contributed by atoms with van der Waals surface area (Å²) in [6, 6.07) is 4.18. The molecule has 1 aliphatic heterocycles. The molecule has 0 saturated heterocycles. The molecule has 1 amide bonds. The van der Waals surface area contributed by atoms with Crippen LogP contribution in [-0.4, -0.2) is 26.5 Å². The number of hydrogen-bond donors (Lipinski definition) is 1. The Morgan fingerprint density at radius 2 is 2.39 bits per heavy atom. The largest absolute Gasteiger partial charge is 0.347 e. The van der Waals surface area contributed by atoms with E-state index in [1.54, 1.807) is 11.3 Å². The lowest BCUT2D eigenvalue weighted by molar-refractivity contribution is 0.0931. The molecule has 1 N–H and O–H groups in total. The van der Waals surface area contributed by atoms with Crippen LogP contribution in [0.2, 0.25) is 0 Å². The molecular formula is C16H16N4OS2. The zero-order valence-corrected chi connectivity index (χ0v) is 14.3. The van der Waals surface area contributed by atoms with E-state index in [1.807, 2.05) is 36.8 Å². The highest BCUT2D eigenvalue weighted by Crippen LogP contribution is 2.31. The normalized spacial score (nSPS) is 17.0. The van der Waals surface area contributed by atoms with Gasteiger partial charge in [0.25, 0.3) is 5.91 Å². The minimum absolute atomic E-state index is 0.0172. The van der Waals surface area contributed by atoms with Gasteiger partial charge in [0, 0.05) is 31.4 Å². The molecule has 23 heavy (non-hydrogen) atoms. The lowest BCUT2D eigenvalue weighted by Gasteiger charge is -2.24. The second kappa shape index (κ2) is 5.90. The molecule has 4 heterocycles. The zero-order valence-electron chi connectivity index (χ0n) is 12.7. The van der Waals surface area contributed by atoms with Gasteiger partial charge in [0.2, 0.25) is 0 Å². The van der Waals surface area contributed by atoms with Crippen molar-refractivity contribution in [3.05, 3.63) is 46.3 Å². The molecule has 0 radical (unpaired) electrons. The molecule has 0 aliphatic carbocycles. The second-order valence-electron chi connectivity index (χ2n) is 5.62. The summed E-state index contributed by atoms with van der Waals surface area (Å²) >= 11 is 3.11. The van der Waals surface area contributed by atoms with Crippen LogP contribution in [0, 0.1) is 6.92 Å². The molecule has 3 aromatic heterocycles. The van der Waals surface area contributed by atoms with Crippen molar-refractivity contribution in [2.45, 2.75) is 32.4 Å². The monoisotopic (exact) mass is 344 g/mol. The molecule has 0 saturated carbocycles. The first-order valence-electron chi connectivity index (χ1n) is 7.53. The molecule has 5 nitrogen and oxygen atoms in total. The Kier molecular flexibility index (Phi) is 3.74. The van der Waals surface area contributed by atoms with Crippen LogP contribution >= 0.6 is 22.7 Å². The van der Waals surface area contributed by atoms with Crippen LogP contribution in [0.3, 0.4) is 0 Å². The van der Waals surface area contributed by atoms with E-state index in [4.69, 9.17) is 0 Å². The summed E-state index contributed by atoms with van der Waals surface area (Å²) in [5, 5.41) is 6.10. The quantitative estimate of drug-likeness (QED) is 0.794. The van der Waals surface area contributed by atoms with Crippen LogP contribution in [0.15, 0.2) is 29.9 Å². The van der Waals surface area contributed by atoms with Crippen molar-refractivity contribution < 1.29 is 4.79 Å². The van der Waals surface area contributed by atoms with Crippen molar-refractivity contribution in [2.75, 3.05) is 0 Å². The minimum Gasteiger partial charge on any atom is -0.347 e. The summed E-state index contributed by atoms with van der Waals surface area (Å²) in [6.45, 7) is 2.69. The van der Waals surface area contributed by atoms with E-state index in [1.165, 1.54) is 11.3 Å². The third-order valence-corrected chi connectivity index (χ3v) is 6.20. The van der Waals surface area contributed by atoms with Crippen molar-refractivity contribution >= 4 is 28.6 Å². The van der Waals surface area contributed by atoms with E-state index in [0.29, 0.717) is 4.88 Å². The summed E-state index contributed by atoms with van der Waals surface area (Å²) < 4.78 is 2.12. The molecule has 3 aromatic rings. The highest BCUT2D eigenvalue weighted by Gasteiger charge is 2.23. The molecule has 0 bridgehead atoms. The first-order chi connectivity index (χ1) is 11.2. The molecule has 1 atom stereocenters. The molecule has 0 fully saturated rings. The van der Waals surface area contributed by atoms with E-state index in [-0.39, 0.29) is 11.9 Å². The average Bonchev–Trinajstić information content (AvgIpc) is 3.26. The Balaban J connectivity index is 1.50. The van der Waals surface area contributed by atoms with Gasteiger partial charge in [-0.05, 0) is 24.8 Å². The molecule has 118 valence electrons. The Bertz CT molecular complexity index is 834. The molecule has 0 spiro atoms. The maximum atomic E-state index is 12.6. The van der Waals surface area contributed by atoms with Crippen LogP contribution < -0.4 is 5.32 Å². The lowest BCUT2D eigenvalue weighted by Crippen LogP contribution is -2.40. The van der Waals surface area contributed by atoms with E-state index in [0.717, 1.165) is 40.8 Å². The fraction of sp³-hybridized carbons (Fsp3) is 0.312. The molecule has 7 heteroatoms. The fourth-order valence-electron chi connectivity index (χ4n) is 2.85. The van der Waals surface area contributed by atoms with Crippen LogP contribution in [0.5, 0.6) is 0 Å². The van der Waals surface area contributed by atoms with Crippen LogP contribution in [0.1, 0.15) is 27.6 Å². The number of imidazole rings is 1. The summed E-state index contributed by atoms with van der Waals surface area (Å²) in [5.41, 5.74) is 0.801. The minimum atomic E-state index is -0.0172. The summed E-state index contributed by atoms with van der Waals surface area (Å²) in [6.07, 6.45) is 5.62. The zero-order chi connectivity index (χ0) is 15.8. The van der Waals surface area contributed by atoms with Gasteiger partial charge in [-0.3, -0.25) is 4.79 Å². The number of thiazole rings is 1. The van der Waals surface area contributed by atoms with Crippen molar-refractivity contribution in [3.8, 4) is 9.88 Å². The van der Waals surface area contributed by atoms with Crippen molar-refractivity contribution in [1.29, 1.82) is 0 Å². The number of carbonyl (C=O) groups excluding carboxylic acids is 1. The summed E-state index contributed by atoms with van der Waals surface area (Å²) in [7, 11) is 0. The second-order valence-corrected chi connectivity index (χ2v) is 7.56. The summed E-state index contributed by atoms with van der Waals surface area (Å²) in [4.78, 5) is 23.3. The van der Waals surface area contributed by atoms with Gasteiger partial charge < -0.3 is 9.88 Å². The number of fused-ring (bicyclic) bond motifs is 1. The Labute approximate surface area is 142 Å². The predicted molar refractivity (Wildman–Crippen MR) is 92.0 cm³/mol. The Morgan fingerprint density at radius 3 is 3.22 bits per heavy atom. The molecule has 4 rings (SSSR count). The predicted octanol–water partition coefficient (Wildman–Crippen LogP) is 3.12. The van der Waals surface area contributed by atoms with Gasteiger partial charge in [0.15, 0.2) is 0 Å². The van der Waals surface area contributed by atoms with E-state index >= 15 is 0 Å². The van der Waals surface area contributed by atoms with Gasteiger partial charge in [-0.25, -0.2) is 9.97 Å². The topological polar surface area (TPSA) is 59.8 Å². The van der Waals surface area contributed by atoms with Gasteiger partial charge in [-0.1, -0.05) is 6.07 Å². The highest BCUT2D eigenvalue weighted by atomic mass is 32.1. The molecule has 1 aliphatic rings. The van der Waals surface area contributed by atoms with Crippen LogP contribution in [0.25, 0.3) is 9.88 Å². The molecular weight excluding hydrogens is 328 g/mol. The van der Waals surface area contributed by atoms with E-state index in [9.17, 15) is 4.79 Å². The third kappa shape index (κ3) is 2.82. The lowest BCUT2D eigenvalue weighted by atomic mass is 10.1. The maximum absolute atomic E-state index is 12.6. The van der Waals surface area contributed by atoms with Crippen LogP contribution in [-0.2, 0) is 13.0 Å². The Morgan fingerprint density at radius 1 is 1.48 bits per heavy atom. The van der Waals surface area contributed by atoms with Gasteiger partial charge in [-0.15, -0.1) is 22.7 Å². The average molecular weight is 344 g/mol. The number of rotatable bonds is 3. The Hall–Kier alpha value is -1.99. The number of nitrogens with zero attached hydrogens (tertiary/aromatic N) is 3. The van der Waals surface area contributed by atoms with Crippen molar-refractivity contribution in [3.63, 3.8) is 0 Å². The van der Waals surface area contributed by atoms with E-state index < -0.39 is 0 Å². The number of hydrogen-bond acceptors (Lipinski definition) is 5. The highest BCUT2D eigenvalue weighted by molar-refractivity contribution is 7.22. The van der Waals surface area contributed by atoms with E-state index in [2.05, 4.69) is 19.9 Å². The number of aromatic nitrogens is 3. The summed E-state index contributed by atoms with van der Waals surface area (Å²) in [5.74, 6) is 1.08. The third-order valence-electron chi connectivity index (χ3n) is 4.01. The van der Waals surface area contributed by atoms with Gasteiger partial charge in [-0.2, -0.15) is 0 Å². The first kappa shape index (κ1) is 14.6. The number of nitrogens with one attached hydrogen (secondary N) is 1. The first-order valence-corrected chi connectivity index (χ1v) is 9.22. The number of carbonyl (C=O) groups is 1. The van der Waals surface area contributed by atoms with Crippen molar-refractivity contribution in [2.24, 2.45) is 0 Å². The molecule has 0 aromatic carbocycles. The fourth-order valence-corrected chi connectivity index (χ4v) is 4.61. The number of amides is 1. The maximum Gasteiger partial charge on any atom is 0.263 e. The van der Waals surface area contributed by atoms with Gasteiger partial charge >= 0.3 is 0 Å². The van der Waals surface area contributed by atoms with Crippen molar-refractivity contribution in [1.82, 2.24) is 19.9 Å². The number of thiophene rings is 1. The standard InChI is InChI=1S/C16H16N4OS2/c1-10-14(23-16(18-10)12-3-2-8-22-12)15(21)19-11-4-5-13-17-6-7-20(13)9-11/h2-3,6-8,11H,4-5,9H2,1H3,(H,19,21).